The minimum absolute atomic E-state index is 0.254. The van der Waals surface area contributed by atoms with Crippen molar-refractivity contribution in [2.45, 2.75) is 13.1 Å². The smallest absolute Gasteiger partial charge is 0.0796 e. The minimum atomic E-state index is -1.42. The topological polar surface area (TPSA) is 40.9 Å². The number of carbonyl (C=O) groups excluding carboxylic acids is 1. The first-order valence-electron chi connectivity index (χ1n) is 8.72. The van der Waals surface area contributed by atoms with E-state index in [2.05, 4.69) is 67.7 Å². The van der Waals surface area contributed by atoms with Crippen LogP contribution in [0.5, 0.6) is 0 Å². The maximum Gasteiger partial charge on any atom is 0.0796 e. The first-order valence-corrected chi connectivity index (χ1v) is 17.9. The van der Waals surface area contributed by atoms with E-state index in [1.54, 1.807) is 24.3 Å². The predicted octanol–water partition coefficient (Wildman–Crippen LogP) is 7.75. The third kappa shape index (κ3) is 6.84. The van der Waals surface area contributed by atoms with Gasteiger partial charge in [0.05, 0.1) is 5.91 Å². The number of fused-ring (bicyclic) bond motifs is 3. The molecule has 2 nitrogen and oxygen atoms in total. The predicted molar refractivity (Wildman–Crippen MR) is 121 cm³/mol. The first kappa shape index (κ1) is 22.8. The van der Waals surface area contributed by atoms with Crippen molar-refractivity contribution in [1.82, 2.24) is 0 Å². The molecule has 6 heteroatoms. The van der Waals surface area contributed by atoms with Gasteiger partial charge in [-0.25, -0.2) is 0 Å². The fourth-order valence-corrected chi connectivity index (χ4v) is 2.49. The maximum absolute atomic E-state index is 10.3. The molecule has 0 spiro atoms. The SMILES string of the molecule is C[Si](C)=[Ti]([Cl])[Cl].[NH-]C(=O)c1ccccc1.c1ccc2c(c1)[cH-]c1ccccc12. The summed E-state index contributed by atoms with van der Waals surface area (Å²) in [5, 5.41) is 5.39. The Morgan fingerprint density at radius 1 is 0.821 bits per heavy atom. The van der Waals surface area contributed by atoms with Crippen LogP contribution in [0.1, 0.15) is 10.4 Å². The van der Waals surface area contributed by atoms with Crippen molar-refractivity contribution in [3.05, 3.63) is 96.2 Å². The summed E-state index contributed by atoms with van der Waals surface area (Å²) in [6.45, 7) is 4.31. The number of carbonyl (C=O) groups is 1. The standard InChI is InChI=1S/C13H9.C7H7NO.C2H6Si.2ClH.Ti/c1-3-7-12-10(5-1)9-11-6-2-4-8-13(11)12;8-7(9)6-4-2-1-3-5-6;1-3-2;;;/h1-9H;1-5H,(H2,8,9);1-2H3;2*1H;/q-1;;;;;+2/p-3. The van der Waals surface area contributed by atoms with Crippen molar-refractivity contribution in [3.8, 4) is 0 Å². The maximum atomic E-state index is 10.3. The van der Waals surface area contributed by atoms with Gasteiger partial charge in [0.2, 0.25) is 0 Å². The van der Waals surface area contributed by atoms with E-state index in [1.165, 1.54) is 21.5 Å². The van der Waals surface area contributed by atoms with Crippen molar-refractivity contribution in [1.29, 1.82) is 0 Å². The summed E-state index contributed by atoms with van der Waals surface area (Å²) in [5.74, 6) is -0.629. The Kier molecular flexibility index (Phi) is 9.36. The second kappa shape index (κ2) is 11.5. The number of nitrogens with one attached hydrogen (secondary N) is 1. The van der Waals surface area contributed by atoms with E-state index < -0.39 is 20.4 Å². The van der Waals surface area contributed by atoms with Gasteiger partial charge < -0.3 is 10.5 Å². The summed E-state index contributed by atoms with van der Waals surface area (Å²) in [7, 11) is 11.2. The molecule has 144 valence electrons. The van der Waals surface area contributed by atoms with Gasteiger partial charge in [0.25, 0.3) is 0 Å². The van der Waals surface area contributed by atoms with Crippen LogP contribution in [-0.2, 0) is 14.5 Å². The van der Waals surface area contributed by atoms with E-state index in [4.69, 9.17) is 24.3 Å². The molecule has 0 aromatic heterocycles. The van der Waals surface area contributed by atoms with Crippen molar-refractivity contribution in [2.24, 2.45) is 0 Å². The number of halogens is 2. The Labute approximate surface area is 180 Å². The van der Waals surface area contributed by atoms with Gasteiger partial charge in [0.1, 0.15) is 0 Å². The fraction of sp³-hybridized carbons (Fsp3) is 0.0909. The molecule has 4 aromatic rings. The van der Waals surface area contributed by atoms with E-state index in [1.807, 2.05) is 6.07 Å². The van der Waals surface area contributed by atoms with E-state index in [-0.39, 0.29) is 6.19 Å². The van der Waals surface area contributed by atoms with Gasteiger partial charge >= 0.3 is 52.4 Å². The zero-order valence-corrected chi connectivity index (χ0v) is 19.8. The first-order chi connectivity index (χ1) is 13.4. The van der Waals surface area contributed by atoms with Crippen molar-refractivity contribution < 1.29 is 19.3 Å². The second-order valence-electron chi connectivity index (χ2n) is 6.27. The van der Waals surface area contributed by atoms with Crippen LogP contribution in [-0.4, -0.2) is 12.1 Å². The molecule has 0 unspecified atom stereocenters. The molecule has 4 rings (SSSR count). The number of hydrogen-bond acceptors (Lipinski definition) is 1. The van der Waals surface area contributed by atoms with Crippen LogP contribution in [0.25, 0.3) is 27.3 Å². The van der Waals surface area contributed by atoms with E-state index >= 15 is 0 Å². The molecule has 1 N–H and O–H groups in total. The molecule has 0 bridgehead atoms. The Balaban J connectivity index is 0.000000164. The average Bonchev–Trinajstić information content (AvgIpc) is 3.08. The summed E-state index contributed by atoms with van der Waals surface area (Å²) in [4.78, 5) is 10.3. The van der Waals surface area contributed by atoms with Crippen LogP contribution in [0.3, 0.4) is 0 Å². The van der Waals surface area contributed by atoms with Gasteiger partial charge in [-0.15, -0.1) is 39.7 Å². The van der Waals surface area contributed by atoms with Crippen molar-refractivity contribution >= 4 is 52.2 Å². The fourth-order valence-electron chi connectivity index (χ4n) is 2.49. The molecule has 28 heavy (non-hydrogen) atoms. The molecule has 1 amide bonds. The van der Waals surface area contributed by atoms with E-state index in [0.29, 0.717) is 5.56 Å². The molecule has 0 saturated carbocycles. The summed E-state index contributed by atoms with van der Waals surface area (Å²) >= 11 is -1.42. The molecule has 0 aliphatic carbocycles. The molecule has 0 aliphatic heterocycles. The van der Waals surface area contributed by atoms with Gasteiger partial charge in [-0.2, -0.15) is 0 Å². The molecule has 0 radical (unpaired) electrons. The van der Waals surface area contributed by atoms with Gasteiger partial charge in [0, 0.05) is 0 Å². The average molecular weight is 462 g/mol. The zero-order chi connectivity index (χ0) is 20.5. The second-order valence-corrected chi connectivity index (χ2v) is 22.4. The molecule has 0 heterocycles. The van der Waals surface area contributed by atoms with Crippen LogP contribution in [0.4, 0.5) is 0 Å². The third-order valence-electron chi connectivity index (χ3n) is 3.94. The van der Waals surface area contributed by atoms with E-state index in [0.717, 1.165) is 0 Å². The van der Waals surface area contributed by atoms with Crippen molar-refractivity contribution in [3.63, 3.8) is 0 Å². The Bertz CT molecular complexity index is 1030. The normalized spacial score (nSPS) is 9.71. The quantitative estimate of drug-likeness (QED) is 0.211. The molecule has 0 atom stereocenters. The monoisotopic (exact) mass is 461 g/mol. The molecule has 0 aliphatic rings. The molecule has 4 aromatic carbocycles. The third-order valence-corrected chi connectivity index (χ3v) is 17.6. The Hall–Kier alpha value is -1.49. The van der Waals surface area contributed by atoms with E-state index in [9.17, 15) is 4.79 Å². The molecular weight excluding hydrogens is 441 g/mol. The number of hydrogen-bond donors (Lipinski definition) is 0. The molecular formula is C22H21Cl2NOSiTi-2. The molecule has 0 fully saturated rings. The van der Waals surface area contributed by atoms with Crippen LogP contribution in [0.2, 0.25) is 13.1 Å². The van der Waals surface area contributed by atoms with Crippen molar-refractivity contribution in [2.75, 3.05) is 0 Å². The number of benzene rings is 3. The zero-order valence-electron chi connectivity index (χ0n) is 15.7. The van der Waals surface area contributed by atoms with Gasteiger partial charge in [0.15, 0.2) is 0 Å². The largest absolute Gasteiger partial charge is 0.664 e. The molecule has 0 saturated heterocycles. The van der Waals surface area contributed by atoms with Crippen LogP contribution in [0.15, 0.2) is 84.9 Å². The Morgan fingerprint density at radius 2 is 1.21 bits per heavy atom. The minimum Gasteiger partial charge on any atom is -0.664 e. The van der Waals surface area contributed by atoms with Crippen LogP contribution in [0, 0.1) is 0 Å². The number of amides is 1. The van der Waals surface area contributed by atoms with Gasteiger partial charge in [-0.05, 0) is 5.56 Å². The van der Waals surface area contributed by atoms with Gasteiger partial charge in [-0.3, -0.25) is 0 Å². The Morgan fingerprint density at radius 3 is 1.57 bits per heavy atom. The van der Waals surface area contributed by atoms with Crippen LogP contribution >= 0.6 is 18.6 Å². The summed E-state index contributed by atoms with van der Waals surface area (Å²) in [5.41, 5.74) is 7.12. The van der Waals surface area contributed by atoms with Gasteiger partial charge in [-0.1, -0.05) is 66.7 Å². The summed E-state index contributed by atoms with van der Waals surface area (Å²) < 4.78 is 0. The summed E-state index contributed by atoms with van der Waals surface area (Å²) in [6, 6.07) is 27.8. The number of rotatable bonds is 1. The summed E-state index contributed by atoms with van der Waals surface area (Å²) in [6.07, 6.45) is -0.254. The van der Waals surface area contributed by atoms with Crippen LogP contribution < -0.4 is 0 Å².